The molecule has 0 aliphatic carbocycles. The summed E-state index contributed by atoms with van der Waals surface area (Å²) in [5.41, 5.74) is 2.47. The Hall–Kier alpha value is -2.12. The summed E-state index contributed by atoms with van der Waals surface area (Å²) in [5, 5.41) is 13.7. The van der Waals surface area contributed by atoms with Gasteiger partial charge in [-0.1, -0.05) is 18.2 Å². The van der Waals surface area contributed by atoms with E-state index < -0.39 is 0 Å². The third-order valence-electron chi connectivity index (χ3n) is 4.05. The topological polar surface area (TPSA) is 52.0 Å². The number of likely N-dealkylation sites (tertiary alicyclic amines) is 1. The molecular formula is C17H20N4. The molecular weight excluding hydrogens is 260 g/mol. The van der Waals surface area contributed by atoms with Crippen molar-refractivity contribution in [3.8, 4) is 6.07 Å². The Balaban J connectivity index is 1.68. The van der Waals surface area contributed by atoms with Gasteiger partial charge >= 0.3 is 0 Å². The van der Waals surface area contributed by atoms with E-state index in [4.69, 9.17) is 0 Å². The number of fused-ring (bicyclic) bond motifs is 1. The number of aromatic nitrogens is 1. The predicted octanol–water partition coefficient (Wildman–Crippen LogP) is 3.00. The van der Waals surface area contributed by atoms with Crippen LogP contribution in [0.4, 0.5) is 5.69 Å². The van der Waals surface area contributed by atoms with Crippen molar-refractivity contribution in [2.24, 2.45) is 0 Å². The maximum atomic E-state index is 9.27. The van der Waals surface area contributed by atoms with Crippen LogP contribution in [0.3, 0.4) is 0 Å². The van der Waals surface area contributed by atoms with Gasteiger partial charge in [0.05, 0.1) is 16.8 Å². The van der Waals surface area contributed by atoms with E-state index in [0.717, 1.165) is 36.1 Å². The second-order valence-corrected chi connectivity index (χ2v) is 5.50. The Kier molecular flexibility index (Phi) is 4.32. The van der Waals surface area contributed by atoms with Gasteiger partial charge in [-0.15, -0.1) is 0 Å². The molecule has 1 aliphatic rings. The van der Waals surface area contributed by atoms with Crippen LogP contribution in [0.25, 0.3) is 10.9 Å². The zero-order valence-electron chi connectivity index (χ0n) is 12.2. The van der Waals surface area contributed by atoms with Gasteiger partial charge in [0.15, 0.2) is 0 Å². The van der Waals surface area contributed by atoms with Gasteiger partial charge in [0, 0.05) is 18.1 Å². The summed E-state index contributed by atoms with van der Waals surface area (Å²) < 4.78 is 0. The molecule has 0 bridgehead atoms. The summed E-state index contributed by atoms with van der Waals surface area (Å²) in [6.07, 6.45) is 5.43. The molecule has 1 saturated heterocycles. The Bertz CT molecular complexity index is 653. The molecule has 0 spiro atoms. The fourth-order valence-corrected chi connectivity index (χ4v) is 2.94. The standard InChI is InChI=1S/C17H20N4/c18-12-14-13-20-16-7-2-1-6-15(16)17(14)19-8-5-11-21-9-3-4-10-21/h1-2,6-7,13H,3-5,8-11H2,(H,19,20). The number of hydrogen-bond donors (Lipinski definition) is 1. The Morgan fingerprint density at radius 2 is 2.05 bits per heavy atom. The number of nitriles is 1. The van der Waals surface area contributed by atoms with Gasteiger partial charge in [0.25, 0.3) is 0 Å². The van der Waals surface area contributed by atoms with Crippen molar-refractivity contribution in [1.82, 2.24) is 9.88 Å². The smallest absolute Gasteiger partial charge is 0.103 e. The lowest BCUT2D eigenvalue weighted by Crippen LogP contribution is -2.22. The second-order valence-electron chi connectivity index (χ2n) is 5.50. The highest BCUT2D eigenvalue weighted by molar-refractivity contribution is 5.93. The number of rotatable bonds is 5. The fourth-order valence-electron chi connectivity index (χ4n) is 2.94. The molecule has 1 aromatic heterocycles. The van der Waals surface area contributed by atoms with E-state index in [1.807, 2.05) is 24.3 Å². The van der Waals surface area contributed by atoms with Crippen LogP contribution in [0.2, 0.25) is 0 Å². The normalized spacial score (nSPS) is 15.2. The third-order valence-corrected chi connectivity index (χ3v) is 4.05. The number of hydrogen-bond acceptors (Lipinski definition) is 4. The molecule has 3 rings (SSSR count). The number of nitrogens with one attached hydrogen (secondary N) is 1. The van der Waals surface area contributed by atoms with Crippen LogP contribution in [0.15, 0.2) is 30.5 Å². The molecule has 1 N–H and O–H groups in total. The van der Waals surface area contributed by atoms with Crippen LogP contribution in [0.1, 0.15) is 24.8 Å². The van der Waals surface area contributed by atoms with Crippen LogP contribution >= 0.6 is 0 Å². The molecule has 1 fully saturated rings. The summed E-state index contributed by atoms with van der Waals surface area (Å²) in [7, 11) is 0. The monoisotopic (exact) mass is 280 g/mol. The molecule has 108 valence electrons. The molecule has 2 heterocycles. The van der Waals surface area contributed by atoms with Crippen LogP contribution in [-0.2, 0) is 0 Å². The predicted molar refractivity (Wildman–Crippen MR) is 85.2 cm³/mol. The maximum Gasteiger partial charge on any atom is 0.103 e. The van der Waals surface area contributed by atoms with E-state index in [1.165, 1.54) is 25.9 Å². The van der Waals surface area contributed by atoms with Crippen molar-refractivity contribution in [3.63, 3.8) is 0 Å². The Morgan fingerprint density at radius 3 is 2.86 bits per heavy atom. The van der Waals surface area contributed by atoms with Crippen LogP contribution in [0.5, 0.6) is 0 Å². The van der Waals surface area contributed by atoms with Crippen molar-refractivity contribution >= 4 is 16.6 Å². The highest BCUT2D eigenvalue weighted by atomic mass is 15.1. The average Bonchev–Trinajstić information content (AvgIpc) is 3.04. The van der Waals surface area contributed by atoms with Gasteiger partial charge < -0.3 is 10.2 Å². The molecule has 0 saturated carbocycles. The van der Waals surface area contributed by atoms with Crippen LogP contribution in [0, 0.1) is 11.3 Å². The zero-order valence-corrected chi connectivity index (χ0v) is 12.2. The molecule has 4 heteroatoms. The molecule has 1 aliphatic heterocycles. The molecule has 0 unspecified atom stereocenters. The molecule has 0 atom stereocenters. The molecule has 4 nitrogen and oxygen atoms in total. The highest BCUT2D eigenvalue weighted by Crippen LogP contribution is 2.25. The van der Waals surface area contributed by atoms with Gasteiger partial charge in [-0.25, -0.2) is 0 Å². The van der Waals surface area contributed by atoms with E-state index in [0.29, 0.717) is 5.56 Å². The first-order valence-electron chi connectivity index (χ1n) is 7.62. The van der Waals surface area contributed by atoms with Crippen molar-refractivity contribution in [2.75, 3.05) is 31.5 Å². The first kappa shape index (κ1) is 13.8. The largest absolute Gasteiger partial charge is 0.383 e. The first-order chi connectivity index (χ1) is 10.4. The third kappa shape index (κ3) is 3.14. The minimum absolute atomic E-state index is 0.620. The molecule has 0 radical (unpaired) electrons. The van der Waals surface area contributed by atoms with E-state index in [-0.39, 0.29) is 0 Å². The summed E-state index contributed by atoms with van der Waals surface area (Å²) in [6.45, 7) is 4.50. The van der Waals surface area contributed by atoms with E-state index in [2.05, 4.69) is 21.3 Å². The highest BCUT2D eigenvalue weighted by Gasteiger charge is 2.11. The van der Waals surface area contributed by atoms with Crippen molar-refractivity contribution < 1.29 is 0 Å². The molecule has 1 aromatic carbocycles. The molecule has 2 aromatic rings. The summed E-state index contributed by atoms with van der Waals surface area (Å²) in [6, 6.07) is 10.2. The number of pyridine rings is 1. The zero-order chi connectivity index (χ0) is 14.5. The summed E-state index contributed by atoms with van der Waals surface area (Å²) >= 11 is 0. The van der Waals surface area contributed by atoms with Gasteiger partial charge in [0.1, 0.15) is 6.07 Å². The SMILES string of the molecule is N#Cc1cnc2ccccc2c1NCCCN1CCCC1. The lowest BCUT2D eigenvalue weighted by atomic mass is 10.1. The van der Waals surface area contributed by atoms with Crippen LogP contribution in [-0.4, -0.2) is 36.1 Å². The number of benzene rings is 1. The van der Waals surface area contributed by atoms with Gasteiger partial charge in [-0.3, -0.25) is 4.98 Å². The molecule has 21 heavy (non-hydrogen) atoms. The number of anilines is 1. The lowest BCUT2D eigenvalue weighted by molar-refractivity contribution is 0.337. The van der Waals surface area contributed by atoms with Crippen molar-refractivity contribution in [3.05, 3.63) is 36.0 Å². The maximum absolute atomic E-state index is 9.27. The van der Waals surface area contributed by atoms with Crippen molar-refractivity contribution in [2.45, 2.75) is 19.3 Å². The second kappa shape index (κ2) is 6.55. The molecule has 0 amide bonds. The fraction of sp³-hybridized carbons (Fsp3) is 0.412. The van der Waals surface area contributed by atoms with Gasteiger partial charge in [-0.2, -0.15) is 5.26 Å². The lowest BCUT2D eigenvalue weighted by Gasteiger charge is -2.15. The van der Waals surface area contributed by atoms with Crippen LogP contribution < -0.4 is 5.32 Å². The van der Waals surface area contributed by atoms with E-state index >= 15 is 0 Å². The van der Waals surface area contributed by atoms with Crippen molar-refractivity contribution in [1.29, 1.82) is 5.26 Å². The quantitative estimate of drug-likeness (QED) is 0.855. The minimum atomic E-state index is 0.620. The number of para-hydroxylation sites is 1. The van der Waals surface area contributed by atoms with E-state index in [1.54, 1.807) is 6.20 Å². The summed E-state index contributed by atoms with van der Waals surface area (Å²) in [4.78, 5) is 6.84. The average molecular weight is 280 g/mol. The first-order valence-corrected chi connectivity index (χ1v) is 7.62. The Morgan fingerprint density at radius 1 is 1.24 bits per heavy atom. The number of nitrogens with zero attached hydrogens (tertiary/aromatic N) is 3. The summed E-state index contributed by atoms with van der Waals surface area (Å²) in [5.74, 6) is 0. The van der Waals surface area contributed by atoms with Gasteiger partial charge in [0.2, 0.25) is 0 Å². The minimum Gasteiger partial charge on any atom is -0.383 e. The van der Waals surface area contributed by atoms with Gasteiger partial charge in [-0.05, 0) is 45.0 Å². The van der Waals surface area contributed by atoms with E-state index in [9.17, 15) is 5.26 Å². The Labute approximate surface area is 125 Å².